The van der Waals surface area contributed by atoms with Gasteiger partial charge in [-0.15, -0.1) is 0 Å². The van der Waals surface area contributed by atoms with Crippen molar-refractivity contribution in [2.45, 2.75) is 65.7 Å². The van der Waals surface area contributed by atoms with Crippen LogP contribution in [0.15, 0.2) is 67.8 Å². The van der Waals surface area contributed by atoms with E-state index in [0.29, 0.717) is 0 Å². The van der Waals surface area contributed by atoms with Gasteiger partial charge < -0.3 is 0 Å². The Balaban J connectivity index is 1.68. The number of H-pyrrole nitrogens is 1. The second kappa shape index (κ2) is 7.84. The lowest BCUT2D eigenvalue weighted by atomic mass is 10.0. The second-order valence-corrected chi connectivity index (χ2v) is 10.2. The summed E-state index contributed by atoms with van der Waals surface area (Å²) in [6.07, 6.45) is 12.8. The van der Waals surface area contributed by atoms with Crippen LogP contribution in [-0.4, -0.2) is 19.3 Å². The van der Waals surface area contributed by atoms with Crippen LogP contribution in [0.4, 0.5) is 0 Å². The van der Waals surface area contributed by atoms with E-state index in [1.807, 2.05) is 0 Å². The van der Waals surface area contributed by atoms with E-state index in [1.165, 1.54) is 11.1 Å². The molecule has 0 atom stereocenters. The van der Waals surface area contributed by atoms with Crippen molar-refractivity contribution in [2.75, 3.05) is 0 Å². The average molecular weight is 419 g/mol. The van der Waals surface area contributed by atoms with E-state index in [1.54, 1.807) is 0 Å². The first-order valence-corrected chi connectivity index (χ1v) is 10.9. The van der Waals surface area contributed by atoms with Gasteiger partial charge in [0.15, 0.2) is 0 Å². The number of benzene rings is 1. The van der Waals surface area contributed by atoms with Crippen LogP contribution in [0.3, 0.4) is 0 Å². The van der Waals surface area contributed by atoms with Crippen molar-refractivity contribution < 1.29 is 9.13 Å². The van der Waals surface area contributed by atoms with Crippen molar-refractivity contribution in [1.29, 1.82) is 0 Å². The molecule has 1 N–H and O–H groups in total. The Kier molecular flexibility index (Phi) is 5.33. The highest BCUT2D eigenvalue weighted by Gasteiger charge is 2.23. The zero-order chi connectivity index (χ0) is 22.2. The van der Waals surface area contributed by atoms with E-state index in [4.69, 9.17) is 5.10 Å². The van der Waals surface area contributed by atoms with Crippen LogP contribution in [-0.2, 0) is 24.2 Å². The molecule has 4 aromatic rings. The number of hydrogen-bond acceptors (Lipinski definition) is 1. The SMILES string of the molecule is CC(C)(C)n1cc[n+](Cc2n[nH]c(C[n+]3ccn(C(C)(C)C)c3)c2-c2ccccc2)c1. The molecule has 0 fully saturated rings. The van der Waals surface area contributed by atoms with Crippen molar-refractivity contribution >= 4 is 0 Å². The number of imidazole rings is 2. The highest BCUT2D eigenvalue weighted by molar-refractivity contribution is 5.68. The summed E-state index contributed by atoms with van der Waals surface area (Å²) in [5.74, 6) is 0. The Bertz CT molecular complexity index is 1080. The molecular formula is C25H34N6+2. The van der Waals surface area contributed by atoms with E-state index in [2.05, 4.69) is 133 Å². The molecule has 0 aliphatic heterocycles. The Morgan fingerprint density at radius 1 is 0.806 bits per heavy atom. The lowest BCUT2D eigenvalue weighted by molar-refractivity contribution is -0.688. The van der Waals surface area contributed by atoms with Gasteiger partial charge in [-0.2, -0.15) is 5.10 Å². The van der Waals surface area contributed by atoms with Crippen molar-refractivity contribution in [1.82, 2.24) is 19.3 Å². The fourth-order valence-corrected chi connectivity index (χ4v) is 3.72. The molecule has 0 bridgehead atoms. The molecule has 0 unspecified atom stereocenters. The molecule has 6 heteroatoms. The minimum Gasteiger partial charge on any atom is -0.277 e. The van der Waals surface area contributed by atoms with Crippen molar-refractivity contribution in [3.8, 4) is 11.1 Å². The molecule has 0 saturated carbocycles. The van der Waals surface area contributed by atoms with E-state index < -0.39 is 0 Å². The molecule has 4 rings (SSSR count). The monoisotopic (exact) mass is 418 g/mol. The first kappa shape index (κ1) is 21.1. The van der Waals surface area contributed by atoms with Crippen LogP contribution in [0.5, 0.6) is 0 Å². The zero-order valence-electron chi connectivity index (χ0n) is 19.5. The Morgan fingerprint density at radius 2 is 1.35 bits per heavy atom. The van der Waals surface area contributed by atoms with Gasteiger partial charge >= 0.3 is 0 Å². The van der Waals surface area contributed by atoms with Crippen LogP contribution in [0, 0.1) is 0 Å². The van der Waals surface area contributed by atoms with E-state index in [-0.39, 0.29) is 11.1 Å². The zero-order valence-corrected chi connectivity index (χ0v) is 19.5. The smallest absolute Gasteiger partial charge is 0.244 e. The molecule has 0 aliphatic rings. The van der Waals surface area contributed by atoms with Gasteiger partial charge in [-0.05, 0) is 47.1 Å². The quantitative estimate of drug-likeness (QED) is 0.492. The lowest BCUT2D eigenvalue weighted by Gasteiger charge is -2.13. The van der Waals surface area contributed by atoms with Crippen LogP contribution in [0.25, 0.3) is 11.1 Å². The maximum atomic E-state index is 4.74. The molecule has 6 nitrogen and oxygen atoms in total. The maximum Gasteiger partial charge on any atom is 0.244 e. The van der Waals surface area contributed by atoms with Gasteiger partial charge in [-0.1, -0.05) is 30.3 Å². The summed E-state index contributed by atoms with van der Waals surface area (Å²) in [6.45, 7) is 14.7. The molecule has 162 valence electrons. The fraction of sp³-hybridized carbons (Fsp3) is 0.400. The molecule has 3 heterocycles. The normalized spacial score (nSPS) is 12.5. The number of nitrogens with zero attached hydrogens (tertiary/aromatic N) is 5. The summed E-state index contributed by atoms with van der Waals surface area (Å²) in [5, 5.41) is 8.06. The predicted octanol–water partition coefficient (Wildman–Crippen LogP) is 3.86. The first-order valence-electron chi connectivity index (χ1n) is 10.9. The lowest BCUT2D eigenvalue weighted by Crippen LogP contribution is -2.34. The molecule has 0 aliphatic carbocycles. The first-order chi connectivity index (χ1) is 14.6. The number of aromatic nitrogens is 6. The largest absolute Gasteiger partial charge is 0.277 e. The maximum absolute atomic E-state index is 4.74. The van der Waals surface area contributed by atoms with Crippen LogP contribution in [0.1, 0.15) is 52.9 Å². The van der Waals surface area contributed by atoms with Crippen molar-refractivity contribution in [3.63, 3.8) is 0 Å². The van der Waals surface area contributed by atoms with Gasteiger partial charge in [0.2, 0.25) is 12.7 Å². The highest BCUT2D eigenvalue weighted by atomic mass is 15.2. The number of rotatable bonds is 5. The summed E-state index contributed by atoms with van der Waals surface area (Å²) in [5.41, 5.74) is 4.66. The van der Waals surface area contributed by atoms with Crippen LogP contribution >= 0.6 is 0 Å². The molecule has 0 spiro atoms. The minimum absolute atomic E-state index is 0.0566. The van der Waals surface area contributed by atoms with Gasteiger partial charge in [0, 0.05) is 5.56 Å². The molecule has 0 amide bonds. The molecule has 31 heavy (non-hydrogen) atoms. The third-order valence-corrected chi connectivity index (χ3v) is 5.58. The predicted molar refractivity (Wildman–Crippen MR) is 121 cm³/mol. The van der Waals surface area contributed by atoms with Crippen LogP contribution in [0.2, 0.25) is 0 Å². The van der Waals surface area contributed by atoms with E-state index >= 15 is 0 Å². The molecule has 0 saturated heterocycles. The average Bonchev–Trinajstić information content (AvgIpc) is 3.42. The topological polar surface area (TPSA) is 46.3 Å². The number of aromatic amines is 1. The van der Waals surface area contributed by atoms with Gasteiger partial charge in [0.05, 0.1) is 5.69 Å². The molecule has 3 aromatic heterocycles. The van der Waals surface area contributed by atoms with Crippen LogP contribution < -0.4 is 9.13 Å². The van der Waals surface area contributed by atoms with Gasteiger partial charge in [0.25, 0.3) is 0 Å². The second-order valence-electron chi connectivity index (χ2n) is 10.2. The van der Waals surface area contributed by atoms with Gasteiger partial charge in [0.1, 0.15) is 54.6 Å². The summed E-state index contributed by atoms with van der Waals surface area (Å²) in [4.78, 5) is 0. The standard InChI is InChI=1S/C25H34N6/c1-24(2,3)30-14-12-28(18-30)16-21-23(20-10-8-7-9-11-20)22(27-26-21)17-29-13-15-31(19-29)25(4,5)6/h7-15,18-19H,16-17H2,1-6H3,(H,26,27)/q+2. The molecular weight excluding hydrogens is 384 g/mol. The van der Waals surface area contributed by atoms with Crippen molar-refractivity contribution in [3.05, 3.63) is 79.2 Å². The summed E-state index contributed by atoms with van der Waals surface area (Å²) < 4.78 is 8.87. The van der Waals surface area contributed by atoms with E-state index in [0.717, 1.165) is 24.5 Å². The minimum atomic E-state index is 0.0566. The molecule has 1 aromatic carbocycles. The summed E-state index contributed by atoms with van der Waals surface area (Å²) in [6, 6.07) is 10.5. The van der Waals surface area contributed by atoms with Gasteiger partial charge in [-0.25, -0.2) is 18.3 Å². The van der Waals surface area contributed by atoms with E-state index in [9.17, 15) is 0 Å². The number of hydrogen-bond donors (Lipinski definition) is 1. The third-order valence-electron chi connectivity index (χ3n) is 5.58. The summed E-state index contributed by atoms with van der Waals surface area (Å²) >= 11 is 0. The number of nitrogens with one attached hydrogen (secondary N) is 1. The Labute approximate surface area is 184 Å². The molecule has 0 radical (unpaired) electrons. The Hall–Kier alpha value is -3.15. The fourth-order valence-electron chi connectivity index (χ4n) is 3.72. The van der Waals surface area contributed by atoms with Gasteiger partial charge in [-0.3, -0.25) is 5.10 Å². The highest BCUT2D eigenvalue weighted by Crippen LogP contribution is 2.26. The Morgan fingerprint density at radius 3 is 1.87 bits per heavy atom. The third kappa shape index (κ3) is 4.63. The van der Waals surface area contributed by atoms with Crippen molar-refractivity contribution in [2.24, 2.45) is 0 Å². The summed E-state index contributed by atoms with van der Waals surface area (Å²) in [7, 11) is 0.